The maximum atomic E-state index is 6.62. The van der Waals surface area contributed by atoms with E-state index in [1.165, 1.54) is 11.1 Å². The van der Waals surface area contributed by atoms with Gasteiger partial charge in [-0.15, -0.1) is 0 Å². The van der Waals surface area contributed by atoms with Gasteiger partial charge in [-0.25, -0.2) is 0 Å². The number of fused-ring (bicyclic) bond motifs is 2. The number of nitrogens with zero attached hydrogens (tertiary/aromatic N) is 2. The van der Waals surface area contributed by atoms with Crippen LogP contribution in [0.5, 0.6) is 0 Å². The normalized spacial score (nSPS) is 14.9. The maximum absolute atomic E-state index is 6.62. The monoisotopic (exact) mass is 342 g/mol. The second-order valence-electron chi connectivity index (χ2n) is 5.96. The highest BCUT2D eigenvalue weighted by Crippen LogP contribution is 2.33. The average molecular weight is 343 g/mol. The number of rotatable bonds is 2. The van der Waals surface area contributed by atoms with Crippen LogP contribution in [0.15, 0.2) is 48.5 Å². The Hall–Kier alpha value is -1.61. The van der Waals surface area contributed by atoms with Gasteiger partial charge in [-0.3, -0.25) is 9.88 Å². The molecule has 0 atom stereocenters. The molecule has 1 aliphatic heterocycles. The molecule has 116 valence electrons. The molecule has 0 unspecified atom stereocenters. The molecule has 1 aromatic heterocycles. The third-order valence-electron chi connectivity index (χ3n) is 4.36. The molecule has 0 radical (unpaired) electrons. The Balaban J connectivity index is 1.67. The fourth-order valence-electron chi connectivity index (χ4n) is 3.21. The lowest BCUT2D eigenvalue weighted by molar-refractivity contribution is 0.242. The summed E-state index contributed by atoms with van der Waals surface area (Å²) >= 11 is 12.7. The fraction of sp³-hybridized carbons (Fsp3) is 0.211. The van der Waals surface area contributed by atoms with Gasteiger partial charge < -0.3 is 0 Å². The SMILES string of the molecule is Clc1ccc2nc3c(c(Cl)c2c1)CCN(Cc1ccccc1)C3. The number of benzene rings is 2. The highest BCUT2D eigenvalue weighted by Gasteiger charge is 2.21. The van der Waals surface area contributed by atoms with E-state index in [4.69, 9.17) is 28.2 Å². The Labute approximate surface area is 145 Å². The van der Waals surface area contributed by atoms with Crippen molar-refractivity contribution in [3.63, 3.8) is 0 Å². The van der Waals surface area contributed by atoms with Gasteiger partial charge in [0.1, 0.15) is 0 Å². The van der Waals surface area contributed by atoms with E-state index in [1.807, 2.05) is 24.3 Å². The molecule has 4 rings (SSSR count). The summed E-state index contributed by atoms with van der Waals surface area (Å²) < 4.78 is 0. The molecule has 3 aromatic rings. The van der Waals surface area contributed by atoms with Crippen molar-refractivity contribution in [2.24, 2.45) is 0 Å². The van der Waals surface area contributed by atoms with E-state index in [-0.39, 0.29) is 0 Å². The topological polar surface area (TPSA) is 16.1 Å². The Morgan fingerprint density at radius 1 is 1.04 bits per heavy atom. The lowest BCUT2D eigenvalue weighted by atomic mass is 10.0. The van der Waals surface area contributed by atoms with E-state index in [2.05, 4.69) is 29.2 Å². The molecule has 4 heteroatoms. The van der Waals surface area contributed by atoms with Crippen molar-refractivity contribution in [3.8, 4) is 0 Å². The van der Waals surface area contributed by atoms with Crippen molar-refractivity contribution < 1.29 is 0 Å². The highest BCUT2D eigenvalue weighted by molar-refractivity contribution is 6.37. The molecular formula is C19H16Cl2N2. The quantitative estimate of drug-likeness (QED) is 0.644. The van der Waals surface area contributed by atoms with Gasteiger partial charge in [0.25, 0.3) is 0 Å². The minimum absolute atomic E-state index is 0.697. The Kier molecular flexibility index (Phi) is 3.98. The van der Waals surface area contributed by atoms with E-state index < -0.39 is 0 Å². The molecule has 0 amide bonds. The first-order valence-electron chi connectivity index (χ1n) is 7.73. The van der Waals surface area contributed by atoms with Gasteiger partial charge in [0.15, 0.2) is 0 Å². The van der Waals surface area contributed by atoms with Gasteiger partial charge in [-0.1, -0.05) is 53.5 Å². The molecule has 2 nitrogen and oxygen atoms in total. The van der Waals surface area contributed by atoms with Gasteiger partial charge in [-0.05, 0) is 35.7 Å². The zero-order valence-corrected chi connectivity index (χ0v) is 14.1. The predicted molar refractivity (Wildman–Crippen MR) is 96.0 cm³/mol. The average Bonchev–Trinajstić information content (AvgIpc) is 2.57. The fourth-order valence-corrected chi connectivity index (χ4v) is 3.73. The molecule has 0 bridgehead atoms. The molecule has 0 N–H and O–H groups in total. The second kappa shape index (κ2) is 6.12. The third-order valence-corrected chi connectivity index (χ3v) is 5.03. The van der Waals surface area contributed by atoms with Gasteiger partial charge >= 0.3 is 0 Å². The minimum atomic E-state index is 0.697. The van der Waals surface area contributed by atoms with Gasteiger partial charge in [0.05, 0.1) is 16.2 Å². The summed E-state index contributed by atoms with van der Waals surface area (Å²) in [6.45, 7) is 2.77. The van der Waals surface area contributed by atoms with Crippen molar-refractivity contribution in [1.82, 2.24) is 9.88 Å². The Morgan fingerprint density at radius 2 is 1.87 bits per heavy atom. The maximum Gasteiger partial charge on any atom is 0.0722 e. The van der Waals surface area contributed by atoms with Crippen LogP contribution in [0, 0.1) is 0 Å². The summed E-state index contributed by atoms with van der Waals surface area (Å²) in [5.74, 6) is 0. The number of hydrogen-bond acceptors (Lipinski definition) is 2. The zero-order valence-electron chi connectivity index (χ0n) is 12.6. The van der Waals surface area contributed by atoms with Crippen molar-refractivity contribution in [2.75, 3.05) is 6.54 Å². The van der Waals surface area contributed by atoms with E-state index in [0.29, 0.717) is 5.02 Å². The van der Waals surface area contributed by atoms with E-state index in [1.54, 1.807) is 0 Å². The summed E-state index contributed by atoms with van der Waals surface area (Å²) in [6.07, 6.45) is 0.927. The first-order valence-corrected chi connectivity index (χ1v) is 8.49. The summed E-state index contributed by atoms with van der Waals surface area (Å²) in [4.78, 5) is 7.24. The van der Waals surface area contributed by atoms with Crippen LogP contribution >= 0.6 is 23.2 Å². The van der Waals surface area contributed by atoms with Crippen LogP contribution in [-0.4, -0.2) is 16.4 Å². The molecule has 0 aliphatic carbocycles. The molecule has 2 aromatic carbocycles. The van der Waals surface area contributed by atoms with Crippen LogP contribution in [0.1, 0.15) is 16.8 Å². The van der Waals surface area contributed by atoms with E-state index in [0.717, 1.165) is 47.7 Å². The molecule has 2 heterocycles. The molecule has 0 saturated carbocycles. The number of hydrogen-bond donors (Lipinski definition) is 0. The summed E-state index contributed by atoms with van der Waals surface area (Å²) in [5.41, 5.74) is 4.51. The molecule has 0 fully saturated rings. The number of aromatic nitrogens is 1. The van der Waals surface area contributed by atoms with Crippen LogP contribution in [0.3, 0.4) is 0 Å². The van der Waals surface area contributed by atoms with Crippen LogP contribution in [0.25, 0.3) is 10.9 Å². The Morgan fingerprint density at radius 3 is 2.70 bits per heavy atom. The van der Waals surface area contributed by atoms with Gasteiger partial charge in [0, 0.05) is 30.0 Å². The van der Waals surface area contributed by atoms with Crippen LogP contribution in [0.4, 0.5) is 0 Å². The summed E-state index contributed by atoms with van der Waals surface area (Å²) in [5, 5.41) is 2.46. The van der Waals surface area contributed by atoms with Crippen LogP contribution in [0.2, 0.25) is 10.0 Å². The van der Waals surface area contributed by atoms with Crippen molar-refractivity contribution in [2.45, 2.75) is 19.5 Å². The predicted octanol–water partition coefficient (Wildman–Crippen LogP) is 5.10. The first-order chi connectivity index (χ1) is 11.2. The lowest BCUT2D eigenvalue weighted by Crippen LogP contribution is -2.31. The Bertz CT molecular complexity index is 862. The van der Waals surface area contributed by atoms with Crippen LogP contribution < -0.4 is 0 Å². The van der Waals surface area contributed by atoms with Gasteiger partial charge in [0.2, 0.25) is 0 Å². The number of pyridine rings is 1. The minimum Gasteiger partial charge on any atom is -0.293 e. The summed E-state index contributed by atoms with van der Waals surface area (Å²) in [7, 11) is 0. The lowest BCUT2D eigenvalue weighted by Gasteiger charge is -2.29. The van der Waals surface area contributed by atoms with E-state index in [9.17, 15) is 0 Å². The molecular weight excluding hydrogens is 327 g/mol. The smallest absolute Gasteiger partial charge is 0.0722 e. The van der Waals surface area contributed by atoms with Gasteiger partial charge in [-0.2, -0.15) is 0 Å². The molecule has 1 aliphatic rings. The summed E-state index contributed by atoms with van der Waals surface area (Å²) in [6, 6.07) is 16.3. The number of halogens is 2. The molecule has 0 spiro atoms. The standard InChI is InChI=1S/C19H16Cl2N2/c20-14-6-7-17-16(10-14)19(21)15-8-9-23(12-18(15)22-17)11-13-4-2-1-3-5-13/h1-7,10H,8-9,11-12H2. The molecule has 23 heavy (non-hydrogen) atoms. The van der Waals surface area contributed by atoms with Crippen LogP contribution in [-0.2, 0) is 19.5 Å². The molecule has 0 saturated heterocycles. The van der Waals surface area contributed by atoms with Crippen molar-refractivity contribution in [1.29, 1.82) is 0 Å². The zero-order chi connectivity index (χ0) is 15.8. The second-order valence-corrected chi connectivity index (χ2v) is 6.77. The van der Waals surface area contributed by atoms with Crippen molar-refractivity contribution >= 4 is 34.1 Å². The van der Waals surface area contributed by atoms with Crippen molar-refractivity contribution in [3.05, 3.63) is 75.4 Å². The largest absolute Gasteiger partial charge is 0.293 e. The third kappa shape index (κ3) is 2.94. The first kappa shape index (κ1) is 14.9. The van der Waals surface area contributed by atoms with E-state index >= 15 is 0 Å². The highest BCUT2D eigenvalue weighted by atomic mass is 35.5.